The molecule has 0 spiro atoms. The van der Waals surface area contributed by atoms with Gasteiger partial charge in [0.2, 0.25) is 5.91 Å². The first-order valence-electron chi connectivity index (χ1n) is 7.28. The van der Waals surface area contributed by atoms with E-state index < -0.39 is 12.0 Å². The predicted molar refractivity (Wildman–Crippen MR) is 71.7 cm³/mol. The third-order valence-corrected chi connectivity index (χ3v) is 4.49. The van der Waals surface area contributed by atoms with Gasteiger partial charge in [-0.05, 0) is 31.2 Å². The van der Waals surface area contributed by atoms with Crippen molar-refractivity contribution in [3.8, 4) is 0 Å². The van der Waals surface area contributed by atoms with E-state index in [0.29, 0.717) is 6.54 Å². The average Bonchev–Trinajstić information content (AvgIpc) is 2.37. The van der Waals surface area contributed by atoms with Crippen LogP contribution in [0.5, 0.6) is 0 Å². The highest BCUT2D eigenvalue weighted by Crippen LogP contribution is 2.35. The van der Waals surface area contributed by atoms with Crippen molar-refractivity contribution in [3.63, 3.8) is 0 Å². The topological polar surface area (TPSA) is 69.6 Å². The van der Waals surface area contributed by atoms with Gasteiger partial charge in [-0.25, -0.2) is 4.79 Å². The molecule has 1 saturated carbocycles. The van der Waals surface area contributed by atoms with Crippen molar-refractivity contribution in [2.75, 3.05) is 19.6 Å². The lowest BCUT2D eigenvalue weighted by Crippen LogP contribution is -2.51. The Kier molecular flexibility index (Phi) is 4.80. The summed E-state index contributed by atoms with van der Waals surface area (Å²) in [5.74, 6) is 0.351. The first kappa shape index (κ1) is 14.3. The van der Waals surface area contributed by atoms with E-state index in [1.165, 1.54) is 39.0 Å². The number of likely N-dealkylation sites (tertiary alicyclic amines) is 1. The highest BCUT2D eigenvalue weighted by molar-refractivity contribution is 5.82. The summed E-state index contributed by atoms with van der Waals surface area (Å²) < 4.78 is 0. The third kappa shape index (κ3) is 3.93. The van der Waals surface area contributed by atoms with Crippen LogP contribution in [0.2, 0.25) is 0 Å². The van der Waals surface area contributed by atoms with Gasteiger partial charge >= 0.3 is 5.97 Å². The van der Waals surface area contributed by atoms with Gasteiger partial charge in [0, 0.05) is 20.0 Å². The Morgan fingerprint density at radius 1 is 1.26 bits per heavy atom. The lowest BCUT2D eigenvalue weighted by atomic mass is 9.75. The van der Waals surface area contributed by atoms with Crippen LogP contribution < -0.4 is 5.32 Å². The quantitative estimate of drug-likeness (QED) is 0.800. The van der Waals surface area contributed by atoms with Crippen LogP contribution in [0.3, 0.4) is 0 Å². The number of nitrogens with zero attached hydrogens (tertiary/aromatic N) is 1. The first-order valence-corrected chi connectivity index (χ1v) is 7.28. The summed E-state index contributed by atoms with van der Waals surface area (Å²) in [6, 6.07) is -0.780. The highest BCUT2D eigenvalue weighted by Gasteiger charge is 2.32. The van der Waals surface area contributed by atoms with Gasteiger partial charge in [0.1, 0.15) is 6.04 Å². The lowest BCUT2D eigenvalue weighted by Gasteiger charge is -2.42. The minimum atomic E-state index is -0.944. The number of nitrogens with one attached hydrogen (secondary N) is 1. The Balaban J connectivity index is 1.87. The van der Waals surface area contributed by atoms with Gasteiger partial charge in [-0.15, -0.1) is 0 Å². The van der Waals surface area contributed by atoms with Crippen LogP contribution in [0, 0.1) is 11.8 Å². The molecule has 0 radical (unpaired) electrons. The Morgan fingerprint density at radius 3 is 2.58 bits per heavy atom. The molecule has 2 aliphatic rings. The molecule has 0 aromatic carbocycles. The molecule has 1 aliphatic carbocycles. The molecule has 19 heavy (non-hydrogen) atoms. The fraction of sp³-hybridized carbons (Fsp3) is 0.857. The third-order valence-electron chi connectivity index (χ3n) is 4.49. The molecule has 1 amide bonds. The Bertz CT molecular complexity index is 346. The van der Waals surface area contributed by atoms with E-state index in [1.54, 1.807) is 0 Å². The molecular formula is C14H24N2O3. The molecule has 2 N–H and O–H groups in total. The molecule has 3 unspecified atom stereocenters. The van der Waals surface area contributed by atoms with Crippen molar-refractivity contribution < 1.29 is 14.7 Å². The number of hydrogen-bond donors (Lipinski definition) is 2. The number of carbonyl (C=O) groups excluding carboxylic acids is 1. The van der Waals surface area contributed by atoms with Gasteiger partial charge < -0.3 is 15.3 Å². The molecule has 5 nitrogen and oxygen atoms in total. The van der Waals surface area contributed by atoms with Crippen LogP contribution in [0.4, 0.5) is 0 Å². The molecule has 1 heterocycles. The second-order valence-corrected chi connectivity index (χ2v) is 5.94. The number of carboxylic acid groups (broad SMARTS) is 1. The molecule has 1 saturated heterocycles. The molecule has 0 bridgehead atoms. The van der Waals surface area contributed by atoms with Crippen molar-refractivity contribution in [1.82, 2.24) is 10.2 Å². The van der Waals surface area contributed by atoms with E-state index in [2.05, 4.69) is 10.2 Å². The maximum absolute atomic E-state index is 11.2. The minimum Gasteiger partial charge on any atom is -0.480 e. The number of amides is 1. The fourth-order valence-corrected chi connectivity index (χ4v) is 3.53. The number of carbonyl (C=O) groups is 2. The van der Waals surface area contributed by atoms with Crippen LogP contribution in [0.15, 0.2) is 0 Å². The Morgan fingerprint density at radius 2 is 1.95 bits per heavy atom. The summed E-state index contributed by atoms with van der Waals surface area (Å²) >= 11 is 0. The number of aliphatic carboxylic acids is 1. The molecule has 5 heteroatoms. The van der Waals surface area contributed by atoms with Crippen LogP contribution in [-0.4, -0.2) is 47.6 Å². The normalized spacial score (nSPS) is 29.3. The Labute approximate surface area is 114 Å². The van der Waals surface area contributed by atoms with E-state index in [1.807, 2.05) is 0 Å². The zero-order chi connectivity index (χ0) is 13.8. The molecule has 1 aliphatic heterocycles. The monoisotopic (exact) mass is 268 g/mol. The smallest absolute Gasteiger partial charge is 0.327 e. The van der Waals surface area contributed by atoms with Crippen molar-refractivity contribution >= 4 is 11.9 Å². The van der Waals surface area contributed by atoms with Gasteiger partial charge in [-0.1, -0.05) is 19.3 Å². The van der Waals surface area contributed by atoms with Crippen molar-refractivity contribution in [2.45, 2.75) is 45.1 Å². The number of carboxylic acids is 1. The second kappa shape index (κ2) is 6.37. The number of rotatable bonds is 4. The molecule has 2 rings (SSSR count). The van der Waals surface area contributed by atoms with E-state index in [-0.39, 0.29) is 5.91 Å². The summed E-state index contributed by atoms with van der Waals surface area (Å²) in [6.07, 6.45) is 6.45. The van der Waals surface area contributed by atoms with Crippen molar-refractivity contribution in [2.24, 2.45) is 11.8 Å². The Hall–Kier alpha value is -1.10. The van der Waals surface area contributed by atoms with Crippen LogP contribution in [-0.2, 0) is 9.59 Å². The summed E-state index contributed by atoms with van der Waals surface area (Å²) in [6.45, 7) is 3.75. The second-order valence-electron chi connectivity index (χ2n) is 5.94. The molecular weight excluding hydrogens is 244 g/mol. The number of fused-ring (bicyclic) bond motifs is 1. The highest BCUT2D eigenvalue weighted by atomic mass is 16.4. The number of hydrogen-bond acceptors (Lipinski definition) is 3. The summed E-state index contributed by atoms with van der Waals surface area (Å²) in [5, 5.41) is 11.7. The van der Waals surface area contributed by atoms with Crippen molar-refractivity contribution in [1.29, 1.82) is 0 Å². The fourth-order valence-electron chi connectivity index (χ4n) is 3.53. The van der Waals surface area contributed by atoms with Gasteiger partial charge in [-0.3, -0.25) is 4.79 Å². The maximum Gasteiger partial charge on any atom is 0.327 e. The predicted octanol–water partition coefficient (Wildman–Crippen LogP) is 1.09. The van der Waals surface area contributed by atoms with Gasteiger partial charge in [0.05, 0.1) is 0 Å². The molecule has 3 atom stereocenters. The maximum atomic E-state index is 11.2. The summed E-state index contributed by atoms with van der Waals surface area (Å²) in [7, 11) is 0. The average molecular weight is 268 g/mol. The van der Waals surface area contributed by atoms with Crippen LogP contribution in [0.1, 0.15) is 39.0 Å². The van der Waals surface area contributed by atoms with Crippen LogP contribution in [0.25, 0.3) is 0 Å². The largest absolute Gasteiger partial charge is 0.480 e. The number of piperidine rings is 1. The van der Waals surface area contributed by atoms with Crippen molar-refractivity contribution in [3.05, 3.63) is 0 Å². The van der Waals surface area contributed by atoms with Gasteiger partial charge in [0.15, 0.2) is 0 Å². The molecule has 108 valence electrons. The lowest BCUT2D eigenvalue weighted by molar-refractivity contribution is -0.142. The standard InChI is InChI=1S/C14H24N2O3/c1-10(17)15-13(14(18)19)9-16-7-6-11-4-2-3-5-12(11)8-16/h11-13H,2-9H2,1H3,(H,15,17)(H,18,19). The van der Waals surface area contributed by atoms with E-state index in [4.69, 9.17) is 5.11 Å². The summed E-state index contributed by atoms with van der Waals surface area (Å²) in [5.41, 5.74) is 0. The van der Waals surface area contributed by atoms with Gasteiger partial charge in [0.25, 0.3) is 0 Å². The molecule has 0 aromatic rings. The van der Waals surface area contributed by atoms with Gasteiger partial charge in [-0.2, -0.15) is 0 Å². The minimum absolute atomic E-state index is 0.278. The SMILES string of the molecule is CC(=O)NC(CN1CCC2CCCCC2C1)C(=O)O. The van der Waals surface area contributed by atoms with E-state index in [0.717, 1.165) is 24.9 Å². The van der Waals surface area contributed by atoms with Crippen LogP contribution >= 0.6 is 0 Å². The van der Waals surface area contributed by atoms with E-state index in [9.17, 15) is 9.59 Å². The summed E-state index contributed by atoms with van der Waals surface area (Å²) in [4.78, 5) is 24.4. The van der Waals surface area contributed by atoms with E-state index >= 15 is 0 Å². The zero-order valence-corrected chi connectivity index (χ0v) is 11.6. The molecule has 2 fully saturated rings. The zero-order valence-electron chi connectivity index (χ0n) is 11.6. The molecule has 0 aromatic heterocycles. The first-order chi connectivity index (χ1) is 9.06.